The van der Waals surface area contributed by atoms with Gasteiger partial charge in [-0.2, -0.15) is 0 Å². The Morgan fingerprint density at radius 1 is 1.38 bits per heavy atom. The van der Waals surface area contributed by atoms with Crippen LogP contribution in [0.3, 0.4) is 0 Å². The molecule has 0 aromatic carbocycles. The molecule has 0 aromatic rings. The molecule has 13 heavy (non-hydrogen) atoms. The van der Waals surface area contributed by atoms with Gasteiger partial charge in [0, 0.05) is 0 Å². The molecule has 0 amide bonds. The highest BCUT2D eigenvalue weighted by molar-refractivity contribution is 4.99. The standard InChI is InChI=1S/C13H22/c1-4-11(2)12(3)10-13-8-6-5-7-9-13/h12-13H,1,5-10H2,2-3H3. The van der Waals surface area contributed by atoms with E-state index in [0.717, 1.165) is 5.92 Å². The summed E-state index contributed by atoms with van der Waals surface area (Å²) in [5.74, 6) is 1.67. The van der Waals surface area contributed by atoms with E-state index >= 15 is 0 Å². The van der Waals surface area contributed by atoms with Gasteiger partial charge in [0.2, 0.25) is 0 Å². The van der Waals surface area contributed by atoms with E-state index in [-0.39, 0.29) is 0 Å². The molecule has 0 heterocycles. The molecular weight excluding hydrogens is 156 g/mol. The van der Waals surface area contributed by atoms with Crippen molar-refractivity contribution < 1.29 is 0 Å². The molecule has 0 spiro atoms. The number of rotatable bonds is 3. The third-order valence-corrected chi connectivity index (χ3v) is 3.43. The zero-order valence-corrected chi connectivity index (χ0v) is 9.10. The second kappa shape index (κ2) is 5.29. The number of allylic oxidation sites excluding steroid dienone is 1. The van der Waals surface area contributed by atoms with Crippen LogP contribution in [0.1, 0.15) is 52.4 Å². The van der Waals surface area contributed by atoms with Crippen molar-refractivity contribution >= 4 is 0 Å². The fraction of sp³-hybridized carbons (Fsp3) is 0.769. The quantitative estimate of drug-likeness (QED) is 0.564. The summed E-state index contributed by atoms with van der Waals surface area (Å²) in [5.41, 5.74) is 4.36. The lowest BCUT2D eigenvalue weighted by Gasteiger charge is -2.24. The summed E-state index contributed by atoms with van der Waals surface area (Å²) in [6.45, 7) is 8.17. The molecule has 0 N–H and O–H groups in total. The van der Waals surface area contributed by atoms with Crippen molar-refractivity contribution in [3.8, 4) is 0 Å². The second-order valence-corrected chi connectivity index (χ2v) is 4.50. The molecule has 1 atom stereocenters. The maximum atomic E-state index is 3.71. The van der Waals surface area contributed by atoms with E-state index in [1.807, 2.05) is 0 Å². The van der Waals surface area contributed by atoms with E-state index in [1.165, 1.54) is 44.1 Å². The van der Waals surface area contributed by atoms with Crippen LogP contribution in [0.2, 0.25) is 0 Å². The number of hydrogen-bond acceptors (Lipinski definition) is 0. The van der Waals surface area contributed by atoms with Crippen molar-refractivity contribution in [2.45, 2.75) is 52.4 Å². The monoisotopic (exact) mass is 178 g/mol. The van der Waals surface area contributed by atoms with Crippen LogP contribution in [-0.4, -0.2) is 0 Å². The van der Waals surface area contributed by atoms with Gasteiger partial charge < -0.3 is 0 Å². The smallest absolute Gasteiger partial charge is 0.0156 e. The summed E-state index contributed by atoms with van der Waals surface area (Å²) in [5, 5.41) is 0. The van der Waals surface area contributed by atoms with Gasteiger partial charge in [-0.3, -0.25) is 0 Å². The summed E-state index contributed by atoms with van der Waals surface area (Å²) in [4.78, 5) is 0. The topological polar surface area (TPSA) is 0 Å². The first kappa shape index (κ1) is 10.6. The lowest BCUT2D eigenvalue weighted by molar-refractivity contribution is 0.311. The average molecular weight is 178 g/mol. The largest absolute Gasteiger partial charge is 0.130 e. The first-order chi connectivity index (χ1) is 6.24. The van der Waals surface area contributed by atoms with Gasteiger partial charge in [0.1, 0.15) is 0 Å². The zero-order chi connectivity index (χ0) is 9.68. The SMILES string of the molecule is C=C=C(C)C(C)CC1CCCCC1. The molecule has 0 aliphatic heterocycles. The van der Waals surface area contributed by atoms with Gasteiger partial charge in [0.25, 0.3) is 0 Å². The van der Waals surface area contributed by atoms with Crippen molar-refractivity contribution in [3.63, 3.8) is 0 Å². The Balaban J connectivity index is 2.34. The van der Waals surface area contributed by atoms with Gasteiger partial charge >= 0.3 is 0 Å². The Bertz CT molecular complexity index is 190. The highest BCUT2D eigenvalue weighted by Crippen LogP contribution is 2.30. The fourth-order valence-electron chi connectivity index (χ4n) is 2.27. The van der Waals surface area contributed by atoms with E-state index in [2.05, 4.69) is 26.2 Å². The fourth-order valence-corrected chi connectivity index (χ4v) is 2.27. The van der Waals surface area contributed by atoms with Crippen LogP contribution >= 0.6 is 0 Å². The van der Waals surface area contributed by atoms with E-state index in [0.29, 0.717) is 5.92 Å². The van der Waals surface area contributed by atoms with Gasteiger partial charge in [-0.05, 0) is 30.8 Å². The number of hydrogen-bond donors (Lipinski definition) is 0. The molecule has 0 nitrogen and oxygen atoms in total. The predicted molar refractivity (Wildman–Crippen MR) is 58.7 cm³/mol. The minimum atomic E-state index is 0.695. The zero-order valence-electron chi connectivity index (χ0n) is 9.10. The predicted octanol–water partition coefficient (Wildman–Crippen LogP) is 4.32. The highest BCUT2D eigenvalue weighted by atomic mass is 14.2. The van der Waals surface area contributed by atoms with Crippen molar-refractivity contribution in [1.82, 2.24) is 0 Å². The van der Waals surface area contributed by atoms with Crippen molar-refractivity contribution in [2.24, 2.45) is 11.8 Å². The highest BCUT2D eigenvalue weighted by Gasteiger charge is 2.16. The van der Waals surface area contributed by atoms with E-state index in [4.69, 9.17) is 0 Å². The van der Waals surface area contributed by atoms with Gasteiger partial charge in [0.05, 0.1) is 0 Å². The van der Waals surface area contributed by atoms with Gasteiger partial charge in [-0.25, -0.2) is 0 Å². The molecule has 1 aliphatic carbocycles. The van der Waals surface area contributed by atoms with Gasteiger partial charge in [-0.1, -0.05) is 45.6 Å². The Labute approximate surface area is 82.7 Å². The molecule has 1 aliphatic rings. The van der Waals surface area contributed by atoms with Crippen LogP contribution in [-0.2, 0) is 0 Å². The first-order valence-corrected chi connectivity index (χ1v) is 5.60. The molecule has 1 fully saturated rings. The Kier molecular flexibility index (Phi) is 4.32. The van der Waals surface area contributed by atoms with E-state index < -0.39 is 0 Å². The van der Waals surface area contributed by atoms with E-state index in [1.54, 1.807) is 0 Å². The van der Waals surface area contributed by atoms with Crippen molar-refractivity contribution in [1.29, 1.82) is 0 Å². The van der Waals surface area contributed by atoms with Crippen LogP contribution in [0.4, 0.5) is 0 Å². The summed E-state index contributed by atoms with van der Waals surface area (Å²) in [7, 11) is 0. The molecule has 1 saturated carbocycles. The van der Waals surface area contributed by atoms with Crippen LogP contribution in [0.15, 0.2) is 17.9 Å². The van der Waals surface area contributed by atoms with Crippen molar-refractivity contribution in [2.75, 3.05) is 0 Å². The maximum absolute atomic E-state index is 3.71. The van der Waals surface area contributed by atoms with Crippen molar-refractivity contribution in [3.05, 3.63) is 17.9 Å². The molecular formula is C13H22. The minimum Gasteiger partial charge on any atom is -0.130 e. The second-order valence-electron chi connectivity index (χ2n) is 4.50. The summed E-state index contributed by atoms with van der Waals surface area (Å²) < 4.78 is 0. The molecule has 0 aromatic heterocycles. The Hall–Kier alpha value is -0.480. The van der Waals surface area contributed by atoms with Crippen LogP contribution in [0.5, 0.6) is 0 Å². The molecule has 0 radical (unpaired) electrons. The third kappa shape index (κ3) is 3.40. The molecule has 0 saturated heterocycles. The maximum Gasteiger partial charge on any atom is -0.0156 e. The van der Waals surface area contributed by atoms with Gasteiger partial charge in [0.15, 0.2) is 0 Å². The van der Waals surface area contributed by atoms with Crippen LogP contribution in [0, 0.1) is 11.8 Å². The minimum absolute atomic E-state index is 0.695. The Morgan fingerprint density at radius 3 is 2.54 bits per heavy atom. The molecule has 1 unspecified atom stereocenters. The molecule has 0 heteroatoms. The molecule has 1 rings (SSSR count). The summed E-state index contributed by atoms with van der Waals surface area (Å²) >= 11 is 0. The lowest BCUT2D eigenvalue weighted by atomic mass is 9.81. The average Bonchev–Trinajstić information content (AvgIpc) is 2.18. The van der Waals surface area contributed by atoms with Crippen LogP contribution in [0.25, 0.3) is 0 Å². The lowest BCUT2D eigenvalue weighted by Crippen LogP contribution is -2.10. The van der Waals surface area contributed by atoms with Gasteiger partial charge in [-0.15, -0.1) is 5.73 Å². The summed E-state index contributed by atoms with van der Waals surface area (Å²) in [6, 6.07) is 0. The normalized spacial score (nSPS) is 20.8. The first-order valence-electron chi connectivity index (χ1n) is 5.60. The Morgan fingerprint density at radius 2 is 2.00 bits per heavy atom. The van der Waals surface area contributed by atoms with Crippen LogP contribution < -0.4 is 0 Å². The molecule has 74 valence electrons. The third-order valence-electron chi connectivity index (χ3n) is 3.43. The molecule has 0 bridgehead atoms. The summed E-state index contributed by atoms with van der Waals surface area (Å²) in [6.07, 6.45) is 8.63. The van der Waals surface area contributed by atoms with E-state index in [9.17, 15) is 0 Å².